The monoisotopic (exact) mass is 189 g/mol. The summed E-state index contributed by atoms with van der Waals surface area (Å²) >= 11 is 0. The second kappa shape index (κ2) is 4.23. The lowest BCUT2D eigenvalue weighted by atomic mass is 10.1. The predicted octanol–water partition coefficient (Wildman–Crippen LogP) is 0.987. The maximum absolute atomic E-state index is 8.43. The molecule has 0 fully saturated rings. The van der Waals surface area contributed by atoms with Crippen LogP contribution in [0.15, 0.2) is 12.3 Å². The van der Waals surface area contributed by atoms with Crippen LogP contribution in [0, 0.1) is 16.7 Å². The smallest absolute Gasteiger partial charge is 0.127 e. The van der Waals surface area contributed by atoms with Gasteiger partial charge in [0.15, 0.2) is 0 Å². The Labute approximate surface area is 82.1 Å². The first-order chi connectivity index (χ1) is 6.69. The van der Waals surface area contributed by atoms with Crippen molar-refractivity contribution in [2.24, 2.45) is 0 Å². The normalized spacial score (nSPS) is 9.14. The molecule has 72 valence electrons. The van der Waals surface area contributed by atoms with Crippen molar-refractivity contribution in [3.8, 4) is 6.07 Å². The molecule has 4 N–H and O–H groups in total. The van der Waals surface area contributed by atoms with Gasteiger partial charge >= 0.3 is 0 Å². The van der Waals surface area contributed by atoms with Gasteiger partial charge in [0.2, 0.25) is 0 Å². The zero-order valence-corrected chi connectivity index (χ0v) is 7.83. The largest absolute Gasteiger partial charge is 0.398 e. The highest BCUT2D eigenvalue weighted by Gasteiger charge is 2.06. The van der Waals surface area contributed by atoms with Crippen LogP contribution < -0.4 is 11.1 Å². The zero-order chi connectivity index (χ0) is 10.6. The second-order valence-electron chi connectivity index (χ2n) is 2.72. The van der Waals surface area contributed by atoms with Crippen molar-refractivity contribution in [3.05, 3.63) is 17.8 Å². The van der Waals surface area contributed by atoms with E-state index >= 15 is 0 Å². The molecule has 5 heteroatoms. The molecule has 0 aliphatic rings. The third kappa shape index (κ3) is 1.98. The minimum atomic E-state index is 0.0464. The van der Waals surface area contributed by atoms with Crippen molar-refractivity contribution in [3.63, 3.8) is 0 Å². The van der Waals surface area contributed by atoms with Gasteiger partial charge in [0.05, 0.1) is 18.2 Å². The van der Waals surface area contributed by atoms with Gasteiger partial charge in [-0.1, -0.05) is 0 Å². The summed E-state index contributed by atoms with van der Waals surface area (Å²) in [5, 5.41) is 18.8. The summed E-state index contributed by atoms with van der Waals surface area (Å²) in [4.78, 5) is 4.02. The van der Waals surface area contributed by atoms with E-state index in [0.29, 0.717) is 17.1 Å². The first-order valence-electron chi connectivity index (χ1n) is 4.07. The predicted molar refractivity (Wildman–Crippen MR) is 55.3 cm³/mol. The van der Waals surface area contributed by atoms with Gasteiger partial charge in [-0.25, -0.2) is 4.98 Å². The highest BCUT2D eigenvalue weighted by atomic mass is 15.0. The number of anilines is 2. The maximum atomic E-state index is 8.43. The summed E-state index contributed by atoms with van der Waals surface area (Å²) in [5.74, 6) is 0.649. The fourth-order valence-corrected chi connectivity index (χ4v) is 1.03. The Hall–Kier alpha value is -2.09. The van der Waals surface area contributed by atoms with E-state index in [9.17, 15) is 0 Å². The molecule has 0 saturated carbocycles. The van der Waals surface area contributed by atoms with Crippen LogP contribution in [0.1, 0.15) is 12.0 Å². The van der Waals surface area contributed by atoms with Gasteiger partial charge in [0.1, 0.15) is 5.82 Å². The molecule has 0 unspecified atom stereocenters. The minimum Gasteiger partial charge on any atom is -0.398 e. The summed E-state index contributed by atoms with van der Waals surface area (Å²) in [5.41, 5.74) is 6.87. The van der Waals surface area contributed by atoms with E-state index in [1.807, 2.05) is 6.07 Å². The molecule has 0 aliphatic heterocycles. The van der Waals surface area contributed by atoms with Gasteiger partial charge in [0.25, 0.3) is 0 Å². The van der Waals surface area contributed by atoms with Crippen molar-refractivity contribution in [2.45, 2.75) is 6.42 Å². The molecule has 0 aromatic carbocycles. The van der Waals surface area contributed by atoms with Crippen LogP contribution >= 0.6 is 0 Å². The average molecular weight is 189 g/mol. The van der Waals surface area contributed by atoms with Crippen molar-refractivity contribution in [1.29, 1.82) is 10.7 Å². The van der Waals surface area contributed by atoms with E-state index < -0.39 is 0 Å². The van der Waals surface area contributed by atoms with Crippen LogP contribution in [0.4, 0.5) is 11.5 Å². The zero-order valence-electron chi connectivity index (χ0n) is 7.83. The molecule has 0 amide bonds. The third-order valence-electron chi connectivity index (χ3n) is 1.77. The van der Waals surface area contributed by atoms with Gasteiger partial charge in [-0.3, -0.25) is 0 Å². The molecule has 0 atom stereocenters. The SMILES string of the molecule is CNc1cc(N)c(C(=N)CC#N)cn1. The fraction of sp³-hybridized carbons (Fsp3) is 0.222. The number of nitrogens with one attached hydrogen (secondary N) is 2. The molecular weight excluding hydrogens is 178 g/mol. The Kier molecular flexibility index (Phi) is 3.02. The molecule has 0 bridgehead atoms. The number of nitrogens with two attached hydrogens (primary N) is 1. The van der Waals surface area contributed by atoms with Gasteiger partial charge in [-0.05, 0) is 0 Å². The van der Waals surface area contributed by atoms with E-state index in [1.54, 1.807) is 13.1 Å². The van der Waals surface area contributed by atoms with Gasteiger partial charge in [0, 0.05) is 30.6 Å². The molecule has 0 spiro atoms. The van der Waals surface area contributed by atoms with Gasteiger partial charge < -0.3 is 16.5 Å². The lowest BCUT2D eigenvalue weighted by Crippen LogP contribution is -2.05. The van der Waals surface area contributed by atoms with Crippen molar-refractivity contribution in [2.75, 3.05) is 18.1 Å². The number of aromatic nitrogens is 1. The van der Waals surface area contributed by atoms with Crippen LogP contribution in [0.25, 0.3) is 0 Å². The molecule has 1 aromatic rings. The van der Waals surface area contributed by atoms with Gasteiger partial charge in [-0.15, -0.1) is 0 Å². The Morgan fingerprint density at radius 3 is 3.00 bits per heavy atom. The third-order valence-corrected chi connectivity index (χ3v) is 1.77. The van der Waals surface area contributed by atoms with E-state index in [4.69, 9.17) is 16.4 Å². The van der Waals surface area contributed by atoms with Crippen molar-refractivity contribution in [1.82, 2.24) is 4.98 Å². The highest BCUT2D eigenvalue weighted by Crippen LogP contribution is 2.15. The number of nitriles is 1. The Morgan fingerprint density at radius 2 is 2.50 bits per heavy atom. The Balaban J connectivity index is 3.01. The number of hydrogen-bond donors (Lipinski definition) is 3. The second-order valence-corrected chi connectivity index (χ2v) is 2.72. The first kappa shape index (κ1) is 9.99. The van der Waals surface area contributed by atoms with Gasteiger partial charge in [-0.2, -0.15) is 5.26 Å². The Bertz CT molecular complexity index is 391. The Morgan fingerprint density at radius 1 is 1.79 bits per heavy atom. The average Bonchev–Trinajstić information content (AvgIpc) is 2.17. The number of rotatable bonds is 3. The maximum Gasteiger partial charge on any atom is 0.127 e. The fourth-order valence-electron chi connectivity index (χ4n) is 1.03. The number of nitrogen functional groups attached to an aromatic ring is 1. The molecule has 1 aromatic heterocycles. The van der Waals surface area contributed by atoms with E-state index in [2.05, 4.69) is 10.3 Å². The standard InChI is InChI=1S/C9H11N5/c1-13-9-4-8(12)6(5-14-9)7(11)2-3-10/h4-5,11H,2H2,1H3,(H3,12,13,14). The number of hydrogen-bond acceptors (Lipinski definition) is 5. The summed E-state index contributed by atoms with van der Waals surface area (Å²) < 4.78 is 0. The highest BCUT2D eigenvalue weighted by molar-refractivity contribution is 6.03. The molecular formula is C9H11N5. The van der Waals surface area contributed by atoms with E-state index in [-0.39, 0.29) is 12.1 Å². The van der Waals surface area contributed by atoms with Crippen molar-refractivity contribution >= 4 is 17.2 Å². The topological polar surface area (TPSA) is 98.6 Å². The lowest BCUT2D eigenvalue weighted by Gasteiger charge is -2.06. The van der Waals surface area contributed by atoms with Crippen LogP contribution in [-0.4, -0.2) is 17.7 Å². The quantitative estimate of drug-likeness (QED) is 0.617. The van der Waals surface area contributed by atoms with E-state index in [0.717, 1.165) is 0 Å². The van der Waals surface area contributed by atoms with Crippen LogP contribution in [0.2, 0.25) is 0 Å². The summed E-state index contributed by atoms with van der Waals surface area (Å²) in [6.45, 7) is 0. The molecule has 14 heavy (non-hydrogen) atoms. The molecule has 5 nitrogen and oxygen atoms in total. The van der Waals surface area contributed by atoms with Crippen molar-refractivity contribution < 1.29 is 0 Å². The van der Waals surface area contributed by atoms with E-state index in [1.165, 1.54) is 6.20 Å². The number of pyridine rings is 1. The molecule has 0 aliphatic carbocycles. The molecule has 1 rings (SSSR count). The van der Waals surface area contributed by atoms with Crippen LogP contribution in [0.5, 0.6) is 0 Å². The summed E-state index contributed by atoms with van der Waals surface area (Å²) in [7, 11) is 1.74. The summed E-state index contributed by atoms with van der Waals surface area (Å²) in [6, 6.07) is 3.54. The summed E-state index contributed by atoms with van der Waals surface area (Å²) in [6.07, 6.45) is 1.55. The van der Waals surface area contributed by atoms with Crippen LogP contribution in [-0.2, 0) is 0 Å². The van der Waals surface area contributed by atoms with Crippen LogP contribution in [0.3, 0.4) is 0 Å². The minimum absolute atomic E-state index is 0.0464. The number of nitrogens with zero attached hydrogens (tertiary/aromatic N) is 2. The molecule has 0 radical (unpaired) electrons. The molecule has 0 saturated heterocycles. The lowest BCUT2D eigenvalue weighted by molar-refractivity contribution is 1.26. The first-order valence-corrected chi connectivity index (χ1v) is 4.07. The molecule has 1 heterocycles.